The lowest BCUT2D eigenvalue weighted by Crippen LogP contribution is -2.07. The number of benzene rings is 1. The molecule has 3 rings (SSSR count). The molecule has 2 nitrogen and oxygen atoms in total. The Balaban J connectivity index is 2.05. The maximum absolute atomic E-state index is 13.3. The lowest BCUT2D eigenvalue weighted by atomic mass is 10.1. The molecule has 0 saturated carbocycles. The molecule has 0 aliphatic heterocycles. The van der Waals surface area contributed by atoms with Crippen LogP contribution in [0.15, 0.2) is 46.5 Å². The fourth-order valence-corrected chi connectivity index (χ4v) is 3.23. The van der Waals surface area contributed by atoms with E-state index in [1.54, 1.807) is 5.38 Å². The predicted molar refractivity (Wildman–Crippen MR) is 83.4 cm³/mol. The maximum Gasteiger partial charge on any atom is 0.417 e. The van der Waals surface area contributed by atoms with Gasteiger partial charge in [0.25, 0.3) is 0 Å². The summed E-state index contributed by atoms with van der Waals surface area (Å²) >= 11 is 4.15. The SMILES string of the molecule is Fc1ccc(-c2csc(-c3cnccc3C(F)(F)F)n2)cc1Br. The first-order valence-electron chi connectivity index (χ1n) is 6.29. The quantitative estimate of drug-likeness (QED) is 0.506. The smallest absolute Gasteiger partial charge is 0.264 e. The van der Waals surface area contributed by atoms with Gasteiger partial charge in [-0.2, -0.15) is 13.2 Å². The maximum atomic E-state index is 13.3. The number of rotatable bonds is 2. The molecule has 0 bridgehead atoms. The van der Waals surface area contributed by atoms with E-state index in [4.69, 9.17) is 0 Å². The topological polar surface area (TPSA) is 25.8 Å². The van der Waals surface area contributed by atoms with Crippen molar-refractivity contribution in [1.82, 2.24) is 9.97 Å². The predicted octanol–water partition coefficient (Wildman–Crippen LogP) is 5.79. The monoisotopic (exact) mass is 402 g/mol. The van der Waals surface area contributed by atoms with E-state index in [1.165, 1.54) is 18.2 Å². The normalized spacial score (nSPS) is 11.7. The van der Waals surface area contributed by atoms with Crippen LogP contribution in [0.4, 0.5) is 17.6 Å². The molecule has 2 aromatic heterocycles. The van der Waals surface area contributed by atoms with Gasteiger partial charge in [-0.15, -0.1) is 11.3 Å². The highest BCUT2D eigenvalue weighted by atomic mass is 79.9. The number of pyridine rings is 1. The zero-order valence-electron chi connectivity index (χ0n) is 11.2. The third-order valence-electron chi connectivity index (χ3n) is 3.08. The second kappa shape index (κ2) is 6.01. The Bertz CT molecular complexity index is 861. The summed E-state index contributed by atoms with van der Waals surface area (Å²) in [5.41, 5.74) is 0.229. The van der Waals surface area contributed by atoms with Gasteiger partial charge in [0.05, 0.1) is 15.7 Å². The Morgan fingerprint density at radius 2 is 1.91 bits per heavy atom. The van der Waals surface area contributed by atoms with Gasteiger partial charge in [-0.05, 0) is 40.2 Å². The van der Waals surface area contributed by atoms with E-state index in [9.17, 15) is 17.6 Å². The minimum Gasteiger partial charge on any atom is -0.264 e. The van der Waals surface area contributed by atoms with Crippen LogP contribution < -0.4 is 0 Å². The summed E-state index contributed by atoms with van der Waals surface area (Å²) in [4.78, 5) is 7.98. The van der Waals surface area contributed by atoms with E-state index in [0.717, 1.165) is 29.8 Å². The molecule has 0 fully saturated rings. The Morgan fingerprint density at radius 1 is 1.13 bits per heavy atom. The number of aromatic nitrogens is 2. The van der Waals surface area contributed by atoms with Crippen molar-refractivity contribution in [1.29, 1.82) is 0 Å². The van der Waals surface area contributed by atoms with Crippen molar-refractivity contribution >= 4 is 27.3 Å². The molecule has 1 aromatic carbocycles. The Hall–Kier alpha value is -1.80. The molecule has 0 amide bonds. The van der Waals surface area contributed by atoms with Crippen molar-refractivity contribution in [3.05, 3.63) is 57.9 Å². The molecule has 118 valence electrons. The minimum absolute atomic E-state index is 0.0718. The largest absolute Gasteiger partial charge is 0.417 e. The van der Waals surface area contributed by atoms with Crippen LogP contribution in [0.2, 0.25) is 0 Å². The number of hydrogen-bond donors (Lipinski definition) is 0. The van der Waals surface area contributed by atoms with E-state index >= 15 is 0 Å². The van der Waals surface area contributed by atoms with Crippen molar-refractivity contribution in [3.8, 4) is 21.8 Å². The van der Waals surface area contributed by atoms with Gasteiger partial charge in [0, 0.05) is 28.9 Å². The molecule has 23 heavy (non-hydrogen) atoms. The van der Waals surface area contributed by atoms with E-state index in [-0.39, 0.29) is 15.0 Å². The number of hydrogen-bond acceptors (Lipinski definition) is 3. The summed E-state index contributed by atoms with van der Waals surface area (Å²) in [6, 6.07) is 5.24. The second-order valence-electron chi connectivity index (χ2n) is 4.59. The summed E-state index contributed by atoms with van der Waals surface area (Å²) in [6.07, 6.45) is -2.24. The van der Waals surface area contributed by atoms with Gasteiger partial charge in [-0.25, -0.2) is 9.37 Å². The molecule has 3 aromatic rings. The molecule has 8 heteroatoms. The van der Waals surface area contributed by atoms with Gasteiger partial charge in [0.15, 0.2) is 0 Å². The van der Waals surface area contributed by atoms with Gasteiger partial charge < -0.3 is 0 Å². The standard InChI is InChI=1S/C15H7BrF4N2S/c16-11-5-8(1-2-12(11)17)13-7-23-14(22-13)9-6-21-4-3-10(9)15(18,19)20/h1-7H. The van der Waals surface area contributed by atoms with E-state index in [1.807, 2.05) is 0 Å². The first-order valence-corrected chi connectivity index (χ1v) is 7.96. The van der Waals surface area contributed by atoms with Gasteiger partial charge in [0.2, 0.25) is 0 Å². The van der Waals surface area contributed by atoms with Gasteiger partial charge in [-0.3, -0.25) is 4.98 Å². The van der Waals surface area contributed by atoms with Crippen molar-refractivity contribution in [3.63, 3.8) is 0 Å². The van der Waals surface area contributed by atoms with Crippen LogP contribution in [0.3, 0.4) is 0 Å². The van der Waals surface area contributed by atoms with E-state index < -0.39 is 17.6 Å². The van der Waals surface area contributed by atoms with E-state index in [2.05, 4.69) is 25.9 Å². The molecular formula is C15H7BrF4N2S. The Kier molecular flexibility index (Phi) is 4.20. The van der Waals surface area contributed by atoms with Crippen molar-refractivity contribution in [2.75, 3.05) is 0 Å². The Labute approximate surface area is 141 Å². The molecule has 0 atom stereocenters. The highest BCUT2D eigenvalue weighted by molar-refractivity contribution is 9.10. The second-order valence-corrected chi connectivity index (χ2v) is 6.30. The summed E-state index contributed by atoms with van der Waals surface area (Å²) in [5, 5.41) is 1.84. The van der Waals surface area contributed by atoms with E-state index in [0.29, 0.717) is 11.3 Å². The van der Waals surface area contributed by atoms with Crippen LogP contribution in [0, 0.1) is 5.82 Å². The Morgan fingerprint density at radius 3 is 2.61 bits per heavy atom. The summed E-state index contributed by atoms with van der Waals surface area (Å²) in [7, 11) is 0. The molecule has 0 unspecified atom stereocenters. The molecule has 2 heterocycles. The molecule has 0 saturated heterocycles. The molecule has 0 N–H and O–H groups in total. The molecule has 0 spiro atoms. The fourth-order valence-electron chi connectivity index (χ4n) is 2.00. The van der Waals surface area contributed by atoms with Crippen molar-refractivity contribution < 1.29 is 17.6 Å². The third-order valence-corrected chi connectivity index (χ3v) is 4.56. The van der Waals surface area contributed by atoms with Crippen LogP contribution in [0.5, 0.6) is 0 Å². The average Bonchev–Trinajstić information content (AvgIpc) is 2.99. The zero-order chi connectivity index (χ0) is 16.6. The highest BCUT2D eigenvalue weighted by Crippen LogP contribution is 2.38. The third kappa shape index (κ3) is 3.28. The van der Waals surface area contributed by atoms with Crippen LogP contribution in [-0.2, 0) is 6.18 Å². The van der Waals surface area contributed by atoms with Gasteiger partial charge in [0.1, 0.15) is 10.8 Å². The lowest BCUT2D eigenvalue weighted by molar-refractivity contribution is -0.137. The van der Waals surface area contributed by atoms with Gasteiger partial charge in [-0.1, -0.05) is 0 Å². The first-order chi connectivity index (χ1) is 10.9. The minimum atomic E-state index is -4.48. The summed E-state index contributed by atoms with van der Waals surface area (Å²) < 4.78 is 52.7. The lowest BCUT2D eigenvalue weighted by Gasteiger charge is -2.09. The average molecular weight is 403 g/mol. The van der Waals surface area contributed by atoms with Crippen LogP contribution >= 0.6 is 27.3 Å². The summed E-state index contributed by atoms with van der Waals surface area (Å²) in [6.45, 7) is 0. The zero-order valence-corrected chi connectivity index (χ0v) is 13.6. The first kappa shape index (κ1) is 16.1. The van der Waals surface area contributed by atoms with Crippen molar-refractivity contribution in [2.45, 2.75) is 6.18 Å². The highest BCUT2D eigenvalue weighted by Gasteiger charge is 2.34. The number of nitrogens with zero attached hydrogens (tertiary/aromatic N) is 2. The number of thiazole rings is 1. The summed E-state index contributed by atoms with van der Waals surface area (Å²) in [5.74, 6) is -0.421. The fraction of sp³-hybridized carbons (Fsp3) is 0.0667. The van der Waals surface area contributed by atoms with Crippen LogP contribution in [0.1, 0.15) is 5.56 Å². The van der Waals surface area contributed by atoms with Crippen LogP contribution in [-0.4, -0.2) is 9.97 Å². The van der Waals surface area contributed by atoms with Crippen LogP contribution in [0.25, 0.3) is 21.8 Å². The molecule has 0 aliphatic carbocycles. The van der Waals surface area contributed by atoms with Gasteiger partial charge >= 0.3 is 6.18 Å². The number of alkyl halides is 3. The van der Waals surface area contributed by atoms with Crippen molar-refractivity contribution in [2.24, 2.45) is 0 Å². The molecule has 0 aliphatic rings. The molecular weight excluding hydrogens is 396 g/mol. The molecule has 0 radical (unpaired) electrons. The number of halogens is 5.